The van der Waals surface area contributed by atoms with E-state index in [0.717, 1.165) is 0 Å². The van der Waals surface area contributed by atoms with Crippen LogP contribution in [-0.2, 0) is 42.9 Å². The van der Waals surface area contributed by atoms with Crippen molar-refractivity contribution in [3.05, 3.63) is 24.3 Å². The van der Waals surface area contributed by atoms with Gasteiger partial charge in [0, 0.05) is 38.5 Å². The first-order chi connectivity index (χ1) is 17.2. The highest BCUT2D eigenvalue weighted by Crippen LogP contribution is 2.62. The summed E-state index contributed by atoms with van der Waals surface area (Å²) < 4.78 is 28.8. The minimum Gasteiger partial charge on any atom is -0.462 e. The Bertz CT molecular complexity index is 1050. The van der Waals surface area contributed by atoms with E-state index in [1.54, 1.807) is 19.1 Å². The van der Waals surface area contributed by atoms with E-state index in [4.69, 9.17) is 35.3 Å². The third-order valence-electron chi connectivity index (χ3n) is 8.21. The SMILES string of the molecule is C=C1C=CC(OC(C)=O)C2(C)CC(OC(C)=O)CC3(CO3)C2C(OC(C)=O)C2(O)C(C)C(=O)OC2C1Cl. The first kappa shape index (κ1) is 27.6. The van der Waals surface area contributed by atoms with Crippen LogP contribution in [-0.4, -0.2) is 76.6 Å². The van der Waals surface area contributed by atoms with E-state index >= 15 is 0 Å². The number of allylic oxidation sites excluding steroid dienone is 1. The molecular formula is C26H33ClO10. The van der Waals surface area contributed by atoms with E-state index in [0.29, 0.717) is 0 Å². The maximum atomic E-state index is 12.8. The minimum absolute atomic E-state index is 0.184. The molecule has 11 heteroatoms. The van der Waals surface area contributed by atoms with Crippen LogP contribution in [0.25, 0.3) is 0 Å². The molecule has 0 aromatic heterocycles. The van der Waals surface area contributed by atoms with E-state index in [1.807, 2.05) is 0 Å². The monoisotopic (exact) mass is 540 g/mol. The van der Waals surface area contributed by atoms with Gasteiger partial charge in [-0.25, -0.2) is 0 Å². The Kier molecular flexibility index (Phi) is 7.01. The molecule has 10 nitrogen and oxygen atoms in total. The number of rotatable bonds is 3. The number of hydrogen-bond acceptors (Lipinski definition) is 10. The molecule has 1 spiro atoms. The van der Waals surface area contributed by atoms with Gasteiger partial charge in [0.15, 0.2) is 11.7 Å². The molecule has 0 aromatic carbocycles. The summed E-state index contributed by atoms with van der Waals surface area (Å²) in [6.45, 7) is 11.2. The second kappa shape index (κ2) is 9.39. The normalized spacial score (nSPS) is 44.8. The molecule has 0 amide bonds. The molecule has 4 aliphatic rings. The second-order valence-corrected chi connectivity index (χ2v) is 11.3. The molecule has 0 radical (unpaired) electrons. The van der Waals surface area contributed by atoms with Gasteiger partial charge in [-0.05, 0) is 25.0 Å². The lowest BCUT2D eigenvalue weighted by molar-refractivity contribution is -0.226. The number of carbonyl (C=O) groups is 4. The third-order valence-corrected chi connectivity index (χ3v) is 8.72. The summed E-state index contributed by atoms with van der Waals surface area (Å²) in [6.07, 6.45) is -0.592. The van der Waals surface area contributed by atoms with Gasteiger partial charge in [0.25, 0.3) is 0 Å². The number of aliphatic hydroxyl groups is 1. The summed E-state index contributed by atoms with van der Waals surface area (Å²) in [6, 6.07) is 0. The predicted octanol–water partition coefficient (Wildman–Crippen LogP) is 1.99. The van der Waals surface area contributed by atoms with Crippen molar-refractivity contribution in [1.29, 1.82) is 0 Å². The zero-order valence-corrected chi connectivity index (χ0v) is 22.3. The zero-order valence-electron chi connectivity index (χ0n) is 21.5. The van der Waals surface area contributed by atoms with Gasteiger partial charge in [-0.1, -0.05) is 19.6 Å². The predicted molar refractivity (Wildman–Crippen MR) is 128 cm³/mol. The third kappa shape index (κ3) is 4.57. The van der Waals surface area contributed by atoms with Gasteiger partial charge >= 0.3 is 23.9 Å². The van der Waals surface area contributed by atoms with E-state index < -0.39 is 82.1 Å². The number of hydrogen-bond donors (Lipinski definition) is 1. The van der Waals surface area contributed by atoms with E-state index in [-0.39, 0.29) is 25.0 Å². The smallest absolute Gasteiger partial charge is 0.312 e. The molecule has 0 aromatic rings. The van der Waals surface area contributed by atoms with E-state index in [9.17, 15) is 24.3 Å². The Morgan fingerprint density at radius 1 is 1.11 bits per heavy atom. The summed E-state index contributed by atoms with van der Waals surface area (Å²) in [5.74, 6) is -4.41. The molecule has 2 aliphatic carbocycles. The Morgan fingerprint density at radius 2 is 1.70 bits per heavy atom. The molecular weight excluding hydrogens is 508 g/mol. The molecule has 37 heavy (non-hydrogen) atoms. The highest BCUT2D eigenvalue weighted by molar-refractivity contribution is 6.23. The fourth-order valence-corrected chi connectivity index (χ4v) is 6.89. The average Bonchev–Trinajstić information content (AvgIpc) is 3.49. The van der Waals surface area contributed by atoms with Crippen LogP contribution >= 0.6 is 11.6 Å². The van der Waals surface area contributed by atoms with Crippen LogP contribution < -0.4 is 0 Å². The lowest BCUT2D eigenvalue weighted by atomic mass is 9.53. The molecule has 1 saturated carbocycles. The van der Waals surface area contributed by atoms with E-state index in [2.05, 4.69) is 6.58 Å². The Balaban J connectivity index is 1.99. The summed E-state index contributed by atoms with van der Waals surface area (Å²) in [4.78, 5) is 49.5. The van der Waals surface area contributed by atoms with Gasteiger partial charge in [0.05, 0.1) is 17.9 Å². The molecule has 1 N–H and O–H groups in total. The molecule has 0 bridgehead atoms. The molecule has 2 aliphatic heterocycles. The van der Waals surface area contributed by atoms with Gasteiger partial charge in [0.2, 0.25) is 0 Å². The molecule has 4 rings (SSSR count). The van der Waals surface area contributed by atoms with Crippen molar-refractivity contribution in [2.75, 3.05) is 6.61 Å². The lowest BCUT2D eigenvalue weighted by Gasteiger charge is -2.55. The van der Waals surface area contributed by atoms with Gasteiger partial charge in [-0.15, -0.1) is 11.6 Å². The fraction of sp³-hybridized carbons (Fsp3) is 0.692. The first-order valence-electron chi connectivity index (χ1n) is 12.2. The number of halogens is 1. The average molecular weight is 541 g/mol. The quantitative estimate of drug-likeness (QED) is 0.245. The largest absolute Gasteiger partial charge is 0.462 e. The fourth-order valence-electron chi connectivity index (χ4n) is 6.56. The molecule has 2 saturated heterocycles. The highest BCUT2D eigenvalue weighted by atomic mass is 35.5. The van der Waals surface area contributed by atoms with E-state index in [1.165, 1.54) is 27.7 Å². The number of esters is 4. The van der Waals surface area contributed by atoms with Gasteiger partial charge in [-0.2, -0.15) is 0 Å². The van der Waals surface area contributed by atoms with Crippen LogP contribution in [0.15, 0.2) is 24.3 Å². The molecule has 204 valence electrons. The maximum Gasteiger partial charge on any atom is 0.312 e. The number of ether oxygens (including phenoxy) is 5. The van der Waals surface area contributed by atoms with Gasteiger partial charge < -0.3 is 28.8 Å². The van der Waals surface area contributed by atoms with Crippen molar-refractivity contribution >= 4 is 35.5 Å². The molecule has 3 fully saturated rings. The minimum atomic E-state index is -2.08. The van der Waals surface area contributed by atoms with Crippen molar-refractivity contribution < 1.29 is 48.0 Å². The lowest BCUT2D eigenvalue weighted by Crippen LogP contribution is -2.68. The topological polar surface area (TPSA) is 138 Å². The Morgan fingerprint density at radius 3 is 2.24 bits per heavy atom. The van der Waals surface area contributed by atoms with Crippen molar-refractivity contribution in [2.45, 2.75) is 88.5 Å². The van der Waals surface area contributed by atoms with Gasteiger partial charge in [0.1, 0.15) is 23.9 Å². The molecule has 10 atom stereocenters. The van der Waals surface area contributed by atoms with Crippen LogP contribution in [0.3, 0.4) is 0 Å². The van der Waals surface area contributed by atoms with Crippen LogP contribution in [0.4, 0.5) is 0 Å². The van der Waals surface area contributed by atoms with Crippen molar-refractivity contribution in [3.8, 4) is 0 Å². The molecule has 2 heterocycles. The van der Waals surface area contributed by atoms with Crippen LogP contribution in [0.5, 0.6) is 0 Å². The standard InChI is InChI=1S/C26H33ClO10/c1-12-7-8-18(35-15(4)29)24(6)9-17(34-14(3)28)10-25(11-33-25)20(24)22(36-16(5)30)26(32)13(2)23(31)37-21(26)19(12)27/h7-8,13,17-22,32H,1,9-11H2,2-6H3. The van der Waals surface area contributed by atoms with Crippen LogP contribution in [0.2, 0.25) is 0 Å². The molecule has 10 unspecified atom stereocenters. The summed E-state index contributed by atoms with van der Waals surface area (Å²) in [7, 11) is 0. The number of alkyl halides is 1. The van der Waals surface area contributed by atoms with Crippen molar-refractivity contribution in [2.24, 2.45) is 17.3 Å². The number of epoxide rings is 1. The van der Waals surface area contributed by atoms with Crippen LogP contribution in [0.1, 0.15) is 47.5 Å². The van der Waals surface area contributed by atoms with Gasteiger partial charge in [-0.3, -0.25) is 19.2 Å². The summed E-state index contributed by atoms with van der Waals surface area (Å²) in [5.41, 5.74) is -3.91. The number of carbonyl (C=O) groups excluding carboxylic acids is 4. The van der Waals surface area contributed by atoms with Crippen LogP contribution in [0, 0.1) is 17.3 Å². The summed E-state index contributed by atoms with van der Waals surface area (Å²) >= 11 is 6.70. The number of fused-ring (bicyclic) bond motifs is 3. The Labute approximate surface area is 220 Å². The second-order valence-electron chi connectivity index (χ2n) is 10.8. The Hall–Kier alpha value is -2.43. The maximum absolute atomic E-state index is 12.8. The highest BCUT2D eigenvalue weighted by Gasteiger charge is 2.74. The first-order valence-corrected chi connectivity index (χ1v) is 12.7. The zero-order chi connectivity index (χ0) is 27.5. The van der Waals surface area contributed by atoms with Crippen molar-refractivity contribution in [1.82, 2.24) is 0 Å². The van der Waals surface area contributed by atoms with Crippen molar-refractivity contribution in [3.63, 3.8) is 0 Å². The summed E-state index contributed by atoms with van der Waals surface area (Å²) in [5, 5.41) is 11.3.